The van der Waals surface area contributed by atoms with Crippen LogP contribution in [0.2, 0.25) is 5.02 Å². The lowest BCUT2D eigenvalue weighted by Gasteiger charge is -2.31. The van der Waals surface area contributed by atoms with Crippen molar-refractivity contribution in [1.82, 2.24) is 9.88 Å². The number of hydrogen-bond acceptors (Lipinski definition) is 6. The van der Waals surface area contributed by atoms with Gasteiger partial charge in [-0.3, -0.25) is 19.3 Å². The molecule has 1 aliphatic heterocycles. The average Bonchev–Trinajstić information content (AvgIpc) is 3.34. The van der Waals surface area contributed by atoms with Crippen molar-refractivity contribution in [2.45, 2.75) is 40.2 Å². The molecular formula is C27H26BrClFN3O4S. The molecule has 2 heterocycles. The molecule has 2 aromatic carbocycles. The number of anilines is 2. The number of halogens is 3. The summed E-state index contributed by atoms with van der Waals surface area (Å²) in [6.45, 7) is 5.86. The number of aryl methyl sites for hydroxylation is 2. The van der Waals surface area contributed by atoms with Crippen LogP contribution >= 0.6 is 38.9 Å². The lowest BCUT2D eigenvalue weighted by molar-refractivity contribution is -0.151. The summed E-state index contributed by atoms with van der Waals surface area (Å²) in [6, 6.07) is 7.96. The highest BCUT2D eigenvalue weighted by atomic mass is 79.9. The number of benzene rings is 2. The number of aromatic nitrogens is 1. The summed E-state index contributed by atoms with van der Waals surface area (Å²) in [7, 11) is 0. The number of amides is 2. The Hall–Kier alpha value is -2.82. The van der Waals surface area contributed by atoms with E-state index in [2.05, 4.69) is 20.9 Å². The third kappa shape index (κ3) is 6.24. The minimum atomic E-state index is -0.519. The molecule has 1 atom stereocenters. The van der Waals surface area contributed by atoms with Gasteiger partial charge in [-0.1, -0.05) is 17.7 Å². The molecule has 2 amide bonds. The SMILES string of the molecule is CC(=O)N(c1nc(COC(=O)C2CCCN(C(=O)c3ccc(Br)c(F)c3)C2)cs1)c1c(C)cc(C)cc1Cl. The smallest absolute Gasteiger partial charge is 0.311 e. The van der Waals surface area contributed by atoms with Crippen LogP contribution in [-0.2, 0) is 20.9 Å². The monoisotopic (exact) mass is 621 g/mol. The predicted octanol–water partition coefficient (Wildman–Crippen LogP) is 6.60. The van der Waals surface area contributed by atoms with Gasteiger partial charge in [0.1, 0.15) is 12.4 Å². The van der Waals surface area contributed by atoms with E-state index in [4.69, 9.17) is 16.3 Å². The number of ether oxygens (including phenoxy) is 1. The quantitative estimate of drug-likeness (QED) is 0.290. The largest absolute Gasteiger partial charge is 0.459 e. The van der Waals surface area contributed by atoms with E-state index in [0.717, 1.165) is 11.1 Å². The Morgan fingerprint density at radius 1 is 1.26 bits per heavy atom. The number of likely N-dealkylation sites (tertiary alicyclic amines) is 1. The molecule has 0 bridgehead atoms. The molecule has 1 aliphatic rings. The summed E-state index contributed by atoms with van der Waals surface area (Å²) in [5.41, 5.74) is 3.13. The predicted molar refractivity (Wildman–Crippen MR) is 148 cm³/mol. The number of nitrogens with zero attached hydrogens (tertiary/aromatic N) is 3. The highest BCUT2D eigenvalue weighted by molar-refractivity contribution is 9.10. The maximum Gasteiger partial charge on any atom is 0.311 e. The van der Waals surface area contributed by atoms with Crippen molar-refractivity contribution >= 4 is 67.5 Å². The van der Waals surface area contributed by atoms with Crippen LogP contribution in [0.15, 0.2) is 40.2 Å². The lowest BCUT2D eigenvalue weighted by Crippen LogP contribution is -2.42. The number of piperidine rings is 1. The molecule has 1 aromatic heterocycles. The van der Waals surface area contributed by atoms with E-state index in [0.29, 0.717) is 40.9 Å². The second kappa shape index (κ2) is 11.9. The van der Waals surface area contributed by atoms with Crippen LogP contribution in [-0.4, -0.2) is 40.8 Å². The first-order valence-electron chi connectivity index (χ1n) is 12.0. The molecule has 200 valence electrons. The Kier molecular flexibility index (Phi) is 8.85. The molecule has 1 fully saturated rings. The van der Waals surface area contributed by atoms with Crippen LogP contribution in [0.1, 0.15) is 46.9 Å². The molecule has 11 heteroatoms. The topological polar surface area (TPSA) is 79.8 Å². The third-order valence-electron chi connectivity index (χ3n) is 6.24. The van der Waals surface area contributed by atoms with Gasteiger partial charge in [-0.25, -0.2) is 9.37 Å². The van der Waals surface area contributed by atoms with E-state index in [9.17, 15) is 18.8 Å². The van der Waals surface area contributed by atoms with Crippen LogP contribution in [0, 0.1) is 25.6 Å². The van der Waals surface area contributed by atoms with E-state index >= 15 is 0 Å². The normalized spacial score (nSPS) is 15.3. The van der Waals surface area contributed by atoms with Crippen LogP contribution in [0.4, 0.5) is 15.2 Å². The van der Waals surface area contributed by atoms with Gasteiger partial charge in [0.15, 0.2) is 5.13 Å². The molecule has 0 spiro atoms. The van der Waals surface area contributed by atoms with Gasteiger partial charge in [-0.15, -0.1) is 11.3 Å². The van der Waals surface area contributed by atoms with Gasteiger partial charge in [-0.2, -0.15) is 0 Å². The fourth-order valence-electron chi connectivity index (χ4n) is 4.47. The summed E-state index contributed by atoms with van der Waals surface area (Å²) < 4.78 is 19.7. The Labute approximate surface area is 237 Å². The Morgan fingerprint density at radius 3 is 2.71 bits per heavy atom. The molecular weight excluding hydrogens is 597 g/mol. The molecule has 3 aromatic rings. The van der Waals surface area contributed by atoms with E-state index in [-0.39, 0.29) is 35.0 Å². The maximum atomic E-state index is 13.9. The van der Waals surface area contributed by atoms with E-state index < -0.39 is 17.7 Å². The van der Waals surface area contributed by atoms with Crippen molar-refractivity contribution in [3.63, 3.8) is 0 Å². The van der Waals surface area contributed by atoms with Crippen LogP contribution in [0.3, 0.4) is 0 Å². The number of hydrogen-bond donors (Lipinski definition) is 0. The van der Waals surface area contributed by atoms with E-state index in [1.165, 1.54) is 35.3 Å². The minimum Gasteiger partial charge on any atom is -0.459 e. The van der Waals surface area contributed by atoms with E-state index in [1.54, 1.807) is 22.4 Å². The van der Waals surface area contributed by atoms with Gasteiger partial charge in [0.25, 0.3) is 5.91 Å². The Balaban J connectivity index is 1.40. The number of thiazole rings is 1. The average molecular weight is 623 g/mol. The van der Waals surface area contributed by atoms with Crippen molar-refractivity contribution in [3.8, 4) is 0 Å². The first-order chi connectivity index (χ1) is 18.0. The molecule has 0 N–H and O–H groups in total. The number of rotatable bonds is 6. The van der Waals surface area contributed by atoms with Crippen LogP contribution < -0.4 is 4.90 Å². The van der Waals surface area contributed by atoms with Crippen molar-refractivity contribution in [2.24, 2.45) is 5.92 Å². The van der Waals surface area contributed by atoms with Gasteiger partial charge >= 0.3 is 5.97 Å². The summed E-state index contributed by atoms with van der Waals surface area (Å²) in [5, 5.41) is 2.60. The van der Waals surface area contributed by atoms with Crippen molar-refractivity contribution in [1.29, 1.82) is 0 Å². The van der Waals surface area contributed by atoms with Gasteiger partial charge in [0, 0.05) is 31.0 Å². The summed E-state index contributed by atoms with van der Waals surface area (Å²) in [5.74, 6) is -2.01. The first kappa shape index (κ1) is 28.2. The Morgan fingerprint density at radius 2 is 2.03 bits per heavy atom. The standard InChI is InChI=1S/C27H26BrClFN3O4S/c1-15-9-16(2)24(22(29)10-15)33(17(3)34)27-31-20(14-38-27)13-37-26(36)19-5-4-8-32(12-19)25(35)18-6-7-21(28)23(30)11-18/h6-7,9-11,14,19H,4-5,8,12-13H2,1-3H3. The summed E-state index contributed by atoms with van der Waals surface area (Å²) in [6.07, 6.45) is 1.22. The summed E-state index contributed by atoms with van der Waals surface area (Å²) >= 11 is 10.8. The summed E-state index contributed by atoms with van der Waals surface area (Å²) in [4.78, 5) is 45.7. The third-order valence-corrected chi connectivity index (χ3v) is 8.04. The van der Waals surface area contributed by atoms with Crippen LogP contribution in [0.25, 0.3) is 0 Å². The van der Waals surface area contributed by atoms with Crippen molar-refractivity contribution in [2.75, 3.05) is 18.0 Å². The van der Waals surface area contributed by atoms with Gasteiger partial charge in [-0.05, 0) is 78.0 Å². The molecule has 38 heavy (non-hydrogen) atoms. The van der Waals surface area contributed by atoms with Crippen LogP contribution in [0.5, 0.6) is 0 Å². The first-order valence-corrected chi connectivity index (χ1v) is 14.0. The van der Waals surface area contributed by atoms with Crippen molar-refractivity contribution in [3.05, 3.63) is 73.4 Å². The molecule has 1 saturated heterocycles. The fourth-order valence-corrected chi connectivity index (χ4v) is 5.98. The maximum absolute atomic E-state index is 13.9. The zero-order valence-corrected chi connectivity index (χ0v) is 24.3. The number of carbonyl (C=O) groups is 3. The number of carbonyl (C=O) groups excluding carboxylic acids is 3. The molecule has 0 aliphatic carbocycles. The van der Waals surface area contributed by atoms with E-state index in [1.807, 2.05) is 19.9 Å². The molecule has 7 nitrogen and oxygen atoms in total. The Bertz CT molecular complexity index is 1380. The highest BCUT2D eigenvalue weighted by Crippen LogP contribution is 2.37. The van der Waals surface area contributed by atoms with Crippen molar-refractivity contribution < 1.29 is 23.5 Å². The zero-order valence-electron chi connectivity index (χ0n) is 21.1. The van der Waals surface area contributed by atoms with Gasteiger partial charge in [0.2, 0.25) is 5.91 Å². The second-order valence-electron chi connectivity index (χ2n) is 9.22. The van der Waals surface area contributed by atoms with Gasteiger partial charge in [0.05, 0.1) is 26.8 Å². The zero-order chi connectivity index (χ0) is 27.6. The second-order valence-corrected chi connectivity index (χ2v) is 11.3. The lowest BCUT2D eigenvalue weighted by atomic mass is 9.97. The fraction of sp³-hybridized carbons (Fsp3) is 0.333. The minimum absolute atomic E-state index is 0.0654. The number of esters is 1. The molecule has 4 rings (SSSR count). The molecule has 1 unspecified atom stereocenters. The molecule has 0 radical (unpaired) electrons. The highest BCUT2D eigenvalue weighted by Gasteiger charge is 2.30. The molecule has 0 saturated carbocycles. The van der Waals surface area contributed by atoms with Gasteiger partial charge < -0.3 is 9.64 Å².